The molecule has 25 heavy (non-hydrogen) atoms. The number of piperidine rings is 1. The molecule has 0 aromatic heterocycles. The molecule has 0 atom stereocenters. The first-order valence-corrected chi connectivity index (χ1v) is 8.58. The van der Waals surface area contributed by atoms with E-state index in [1.807, 2.05) is 27.8 Å². The van der Waals surface area contributed by atoms with E-state index in [0.29, 0.717) is 12.8 Å². The first-order chi connectivity index (χ1) is 11.7. The van der Waals surface area contributed by atoms with Crippen LogP contribution in [0.4, 0.5) is 4.79 Å². The molecule has 1 aliphatic heterocycles. The molecule has 0 unspecified atom stereocenters. The Morgan fingerprint density at radius 1 is 1.16 bits per heavy atom. The number of nitrogens with zero attached hydrogens (tertiary/aromatic N) is 1. The second-order valence-corrected chi connectivity index (χ2v) is 6.96. The monoisotopic (exact) mass is 348 g/mol. The Bertz CT molecular complexity index is 626. The van der Waals surface area contributed by atoms with Gasteiger partial charge in [0.2, 0.25) is 5.91 Å². The number of carbonyl (C=O) groups excluding carboxylic acids is 2. The largest absolute Gasteiger partial charge is 0.510 e. The minimum atomic E-state index is -0.997. The smallest absolute Gasteiger partial charge is 0.438 e. The molecule has 0 aliphatic carbocycles. The number of rotatable bonds is 4. The summed E-state index contributed by atoms with van der Waals surface area (Å²) in [6.45, 7) is 7.54. The Morgan fingerprint density at radius 3 is 2.24 bits per heavy atom. The van der Waals surface area contributed by atoms with Crippen LogP contribution in [0.5, 0.6) is 0 Å². The van der Waals surface area contributed by atoms with Crippen LogP contribution in [-0.2, 0) is 20.7 Å². The summed E-state index contributed by atoms with van der Waals surface area (Å²) >= 11 is 0. The SMILES string of the molecule is COC(=O)OC1(NC(=O)Cc2c(C)cc(C)cc2C)CCN(C)CC1. The maximum absolute atomic E-state index is 12.7. The highest BCUT2D eigenvalue weighted by molar-refractivity contribution is 5.80. The van der Waals surface area contributed by atoms with E-state index >= 15 is 0 Å². The average molecular weight is 348 g/mol. The number of benzene rings is 1. The topological polar surface area (TPSA) is 67.9 Å². The van der Waals surface area contributed by atoms with Gasteiger partial charge in [0.1, 0.15) is 0 Å². The van der Waals surface area contributed by atoms with Crippen molar-refractivity contribution in [1.82, 2.24) is 10.2 Å². The van der Waals surface area contributed by atoms with Crippen molar-refractivity contribution in [2.24, 2.45) is 0 Å². The van der Waals surface area contributed by atoms with Crippen molar-refractivity contribution in [2.75, 3.05) is 27.2 Å². The Kier molecular flexibility index (Phi) is 6.06. The molecule has 6 heteroatoms. The Morgan fingerprint density at radius 2 is 1.72 bits per heavy atom. The van der Waals surface area contributed by atoms with Gasteiger partial charge >= 0.3 is 6.16 Å². The van der Waals surface area contributed by atoms with Crippen LogP contribution >= 0.6 is 0 Å². The van der Waals surface area contributed by atoms with Crippen LogP contribution in [0.25, 0.3) is 0 Å². The van der Waals surface area contributed by atoms with Crippen molar-refractivity contribution in [3.8, 4) is 0 Å². The van der Waals surface area contributed by atoms with Crippen molar-refractivity contribution < 1.29 is 19.1 Å². The predicted octanol–water partition coefficient (Wildman–Crippen LogP) is 2.48. The Labute approximate surface area is 149 Å². The zero-order valence-corrected chi connectivity index (χ0v) is 15.8. The van der Waals surface area contributed by atoms with Crippen molar-refractivity contribution in [3.63, 3.8) is 0 Å². The van der Waals surface area contributed by atoms with E-state index in [1.165, 1.54) is 12.7 Å². The zero-order chi connectivity index (χ0) is 18.6. The lowest BCUT2D eigenvalue weighted by Crippen LogP contribution is -2.57. The summed E-state index contributed by atoms with van der Waals surface area (Å²) < 4.78 is 10.1. The molecule has 1 aliphatic rings. The standard InChI is InChI=1S/C19H28N2O4/c1-13-10-14(2)16(15(3)11-13)12-17(22)20-19(25-18(23)24-5)6-8-21(4)9-7-19/h10-11H,6-9,12H2,1-5H3,(H,20,22). The Hall–Kier alpha value is -2.08. The van der Waals surface area contributed by atoms with E-state index < -0.39 is 11.9 Å². The first-order valence-electron chi connectivity index (χ1n) is 8.58. The van der Waals surface area contributed by atoms with E-state index in [0.717, 1.165) is 29.8 Å². The fourth-order valence-electron chi connectivity index (χ4n) is 3.38. The van der Waals surface area contributed by atoms with Gasteiger partial charge in [0.25, 0.3) is 0 Å². The molecular formula is C19H28N2O4. The second kappa shape index (κ2) is 7.87. The molecule has 0 bridgehead atoms. The number of nitrogens with one attached hydrogen (secondary N) is 1. The lowest BCUT2D eigenvalue weighted by atomic mass is 9.96. The fourth-order valence-corrected chi connectivity index (χ4v) is 3.38. The van der Waals surface area contributed by atoms with E-state index in [2.05, 4.69) is 27.1 Å². The molecule has 1 fully saturated rings. The molecule has 0 saturated carbocycles. The van der Waals surface area contributed by atoms with Gasteiger partial charge in [-0.05, 0) is 44.5 Å². The molecule has 2 rings (SSSR count). The van der Waals surface area contributed by atoms with Crippen molar-refractivity contribution in [3.05, 3.63) is 34.4 Å². The number of hydrogen-bond donors (Lipinski definition) is 1. The average Bonchev–Trinajstić information content (AvgIpc) is 2.53. The van der Waals surface area contributed by atoms with Gasteiger partial charge in [-0.25, -0.2) is 4.79 Å². The number of amides is 1. The summed E-state index contributed by atoms with van der Waals surface area (Å²) in [5.74, 6) is -0.150. The van der Waals surface area contributed by atoms with Crippen LogP contribution in [0, 0.1) is 20.8 Å². The van der Waals surface area contributed by atoms with Gasteiger partial charge in [0.05, 0.1) is 13.5 Å². The number of aryl methyl sites for hydroxylation is 3. The van der Waals surface area contributed by atoms with Gasteiger partial charge in [-0.3, -0.25) is 4.79 Å². The van der Waals surface area contributed by atoms with Gasteiger partial charge in [-0.15, -0.1) is 0 Å². The first kappa shape index (κ1) is 19.2. The third kappa shape index (κ3) is 4.95. The summed E-state index contributed by atoms with van der Waals surface area (Å²) in [6.07, 6.45) is 0.569. The summed E-state index contributed by atoms with van der Waals surface area (Å²) in [4.78, 5) is 26.5. The molecule has 0 spiro atoms. The van der Waals surface area contributed by atoms with E-state index in [-0.39, 0.29) is 12.3 Å². The maximum Gasteiger partial charge on any atom is 0.510 e. The number of ether oxygens (including phenoxy) is 2. The molecule has 1 heterocycles. The van der Waals surface area contributed by atoms with Crippen LogP contribution in [-0.4, -0.2) is 49.9 Å². The molecule has 1 amide bonds. The number of methoxy groups -OCH3 is 1. The number of hydrogen-bond acceptors (Lipinski definition) is 5. The van der Waals surface area contributed by atoms with E-state index in [1.54, 1.807) is 0 Å². The third-order valence-corrected chi connectivity index (χ3v) is 4.79. The minimum Gasteiger partial charge on any atom is -0.438 e. The van der Waals surface area contributed by atoms with Gasteiger partial charge < -0.3 is 19.7 Å². The molecule has 0 radical (unpaired) electrons. The van der Waals surface area contributed by atoms with Gasteiger partial charge in [-0.1, -0.05) is 17.7 Å². The molecule has 6 nitrogen and oxygen atoms in total. The van der Waals surface area contributed by atoms with Crippen LogP contribution < -0.4 is 5.32 Å². The van der Waals surface area contributed by atoms with Gasteiger partial charge in [0, 0.05) is 25.9 Å². The highest BCUT2D eigenvalue weighted by atomic mass is 16.7. The van der Waals surface area contributed by atoms with Gasteiger partial charge in [0.15, 0.2) is 5.72 Å². The highest BCUT2D eigenvalue weighted by Gasteiger charge is 2.39. The summed E-state index contributed by atoms with van der Waals surface area (Å²) in [5.41, 5.74) is 3.39. The highest BCUT2D eigenvalue weighted by Crippen LogP contribution is 2.25. The molecule has 1 saturated heterocycles. The van der Waals surface area contributed by atoms with Crippen molar-refractivity contribution >= 4 is 12.1 Å². The van der Waals surface area contributed by atoms with Crippen LogP contribution in [0.1, 0.15) is 35.1 Å². The molecular weight excluding hydrogens is 320 g/mol. The summed E-state index contributed by atoms with van der Waals surface area (Å²) in [6, 6.07) is 4.15. The zero-order valence-electron chi connectivity index (χ0n) is 15.8. The Balaban J connectivity index is 2.13. The maximum atomic E-state index is 12.7. The van der Waals surface area contributed by atoms with Gasteiger partial charge in [-0.2, -0.15) is 0 Å². The minimum absolute atomic E-state index is 0.150. The number of likely N-dealkylation sites (tertiary alicyclic amines) is 1. The van der Waals surface area contributed by atoms with E-state index in [4.69, 9.17) is 4.74 Å². The molecule has 138 valence electrons. The fraction of sp³-hybridized carbons (Fsp3) is 0.579. The lowest BCUT2D eigenvalue weighted by molar-refractivity contribution is -0.134. The second-order valence-electron chi connectivity index (χ2n) is 6.96. The van der Waals surface area contributed by atoms with Crippen molar-refractivity contribution in [1.29, 1.82) is 0 Å². The van der Waals surface area contributed by atoms with Crippen molar-refractivity contribution in [2.45, 2.75) is 45.8 Å². The normalized spacial score (nSPS) is 17.0. The molecule has 1 aromatic rings. The molecule has 1 aromatic carbocycles. The summed E-state index contributed by atoms with van der Waals surface area (Å²) in [5, 5.41) is 2.95. The predicted molar refractivity (Wildman–Crippen MR) is 95.5 cm³/mol. The lowest BCUT2D eigenvalue weighted by Gasteiger charge is -2.39. The third-order valence-electron chi connectivity index (χ3n) is 4.79. The number of carbonyl (C=O) groups is 2. The van der Waals surface area contributed by atoms with Crippen LogP contribution in [0.2, 0.25) is 0 Å². The van der Waals surface area contributed by atoms with Crippen LogP contribution in [0.15, 0.2) is 12.1 Å². The summed E-state index contributed by atoms with van der Waals surface area (Å²) in [7, 11) is 3.27. The quantitative estimate of drug-likeness (QED) is 0.669. The van der Waals surface area contributed by atoms with Crippen LogP contribution in [0.3, 0.4) is 0 Å². The van der Waals surface area contributed by atoms with E-state index in [9.17, 15) is 9.59 Å². The molecule has 1 N–H and O–H groups in total.